The van der Waals surface area contributed by atoms with Crippen molar-refractivity contribution in [1.82, 2.24) is 0 Å². The van der Waals surface area contributed by atoms with Gasteiger partial charge in [-0.25, -0.2) is 4.79 Å². The first-order chi connectivity index (χ1) is 8.09. The first kappa shape index (κ1) is 11.2. The maximum Gasteiger partial charge on any atom is 0.337 e. The molecule has 2 rings (SSSR count). The summed E-state index contributed by atoms with van der Waals surface area (Å²) in [4.78, 5) is 10.9. The molecule has 2 aromatic rings. The molecular formula is C14H13NO2. The van der Waals surface area contributed by atoms with Gasteiger partial charge in [0.05, 0.1) is 5.56 Å². The fraction of sp³-hybridized carbons (Fsp3) is 0.0714. The van der Waals surface area contributed by atoms with E-state index in [0.29, 0.717) is 5.69 Å². The lowest BCUT2D eigenvalue weighted by Crippen LogP contribution is -2.03. The Balaban J connectivity index is 2.58. The molecule has 0 fully saturated rings. The molecule has 0 saturated heterocycles. The molecule has 2 aromatic carbocycles. The van der Waals surface area contributed by atoms with Gasteiger partial charge in [0.1, 0.15) is 0 Å². The van der Waals surface area contributed by atoms with E-state index in [-0.39, 0.29) is 5.56 Å². The molecular weight excluding hydrogens is 214 g/mol. The van der Waals surface area contributed by atoms with Crippen molar-refractivity contribution < 1.29 is 9.90 Å². The van der Waals surface area contributed by atoms with Gasteiger partial charge in [-0.1, -0.05) is 30.3 Å². The molecule has 0 unspecified atom stereocenters. The maximum absolute atomic E-state index is 10.9. The van der Waals surface area contributed by atoms with Crippen LogP contribution in [0.1, 0.15) is 15.9 Å². The molecule has 0 aliphatic carbocycles. The molecule has 0 aliphatic heterocycles. The van der Waals surface area contributed by atoms with Gasteiger partial charge in [0.2, 0.25) is 0 Å². The molecule has 0 aliphatic rings. The number of aromatic carboxylic acids is 1. The summed E-state index contributed by atoms with van der Waals surface area (Å²) in [6.07, 6.45) is 0. The summed E-state index contributed by atoms with van der Waals surface area (Å²) in [7, 11) is 0. The molecule has 17 heavy (non-hydrogen) atoms. The average Bonchev–Trinajstić information content (AvgIpc) is 2.32. The number of carboxylic acid groups (broad SMARTS) is 1. The number of carboxylic acids is 1. The van der Waals surface area contributed by atoms with Gasteiger partial charge in [0.25, 0.3) is 0 Å². The SMILES string of the molecule is Cc1cc(C(=O)O)c(N)cc1-c1ccccc1. The molecule has 3 N–H and O–H groups in total. The number of benzene rings is 2. The van der Waals surface area contributed by atoms with Crippen LogP contribution in [-0.2, 0) is 0 Å². The number of hydrogen-bond donors (Lipinski definition) is 2. The highest BCUT2D eigenvalue weighted by atomic mass is 16.4. The Morgan fingerprint density at radius 1 is 1.18 bits per heavy atom. The standard InChI is InChI=1S/C14H13NO2/c1-9-7-12(14(16)17)13(15)8-11(9)10-5-3-2-4-6-10/h2-8H,15H2,1H3,(H,16,17). The summed E-state index contributed by atoms with van der Waals surface area (Å²) in [6, 6.07) is 13.1. The van der Waals surface area contributed by atoms with Gasteiger partial charge < -0.3 is 10.8 Å². The lowest BCUT2D eigenvalue weighted by atomic mass is 9.97. The first-order valence-electron chi connectivity index (χ1n) is 5.28. The van der Waals surface area contributed by atoms with E-state index in [2.05, 4.69) is 0 Å². The van der Waals surface area contributed by atoms with Crippen LogP contribution in [0.2, 0.25) is 0 Å². The van der Waals surface area contributed by atoms with E-state index in [1.165, 1.54) is 0 Å². The van der Waals surface area contributed by atoms with E-state index in [1.807, 2.05) is 37.3 Å². The van der Waals surface area contributed by atoms with Crippen molar-refractivity contribution in [2.45, 2.75) is 6.92 Å². The van der Waals surface area contributed by atoms with Crippen LogP contribution in [0.25, 0.3) is 11.1 Å². The highest BCUT2D eigenvalue weighted by molar-refractivity contribution is 5.95. The lowest BCUT2D eigenvalue weighted by Gasteiger charge is -2.09. The van der Waals surface area contributed by atoms with E-state index in [0.717, 1.165) is 16.7 Å². The first-order valence-corrected chi connectivity index (χ1v) is 5.28. The zero-order chi connectivity index (χ0) is 12.4. The average molecular weight is 227 g/mol. The predicted molar refractivity (Wildman–Crippen MR) is 68.0 cm³/mol. The summed E-state index contributed by atoms with van der Waals surface area (Å²) in [5, 5.41) is 8.97. The predicted octanol–water partition coefficient (Wildman–Crippen LogP) is 2.94. The summed E-state index contributed by atoms with van der Waals surface area (Å²) in [5.74, 6) is -0.995. The van der Waals surface area contributed by atoms with Crippen LogP contribution < -0.4 is 5.73 Å². The number of nitrogens with two attached hydrogens (primary N) is 1. The molecule has 0 atom stereocenters. The third-order valence-corrected chi connectivity index (χ3v) is 2.71. The zero-order valence-electron chi connectivity index (χ0n) is 9.47. The number of hydrogen-bond acceptors (Lipinski definition) is 2. The molecule has 0 heterocycles. The molecule has 0 bridgehead atoms. The Hall–Kier alpha value is -2.29. The quantitative estimate of drug-likeness (QED) is 0.775. The lowest BCUT2D eigenvalue weighted by molar-refractivity contribution is 0.0698. The summed E-state index contributed by atoms with van der Waals surface area (Å²) < 4.78 is 0. The largest absolute Gasteiger partial charge is 0.478 e. The number of aryl methyl sites for hydroxylation is 1. The number of rotatable bonds is 2. The maximum atomic E-state index is 10.9. The number of nitrogen functional groups attached to an aromatic ring is 1. The minimum absolute atomic E-state index is 0.155. The van der Waals surface area contributed by atoms with Crippen molar-refractivity contribution in [2.24, 2.45) is 0 Å². The normalized spacial score (nSPS) is 10.2. The Bertz CT molecular complexity index is 562. The molecule has 0 saturated carbocycles. The van der Waals surface area contributed by atoms with E-state index >= 15 is 0 Å². The van der Waals surface area contributed by atoms with Gasteiger partial charge in [0, 0.05) is 5.69 Å². The molecule has 0 spiro atoms. The van der Waals surface area contributed by atoms with Gasteiger partial charge in [-0.15, -0.1) is 0 Å². The van der Waals surface area contributed by atoms with Crippen LogP contribution in [0.15, 0.2) is 42.5 Å². The third kappa shape index (κ3) is 2.13. The van der Waals surface area contributed by atoms with E-state index in [4.69, 9.17) is 10.8 Å². The zero-order valence-corrected chi connectivity index (χ0v) is 9.47. The highest BCUT2D eigenvalue weighted by Crippen LogP contribution is 2.27. The van der Waals surface area contributed by atoms with Crippen LogP contribution in [-0.4, -0.2) is 11.1 Å². The second-order valence-corrected chi connectivity index (χ2v) is 3.93. The fourth-order valence-corrected chi connectivity index (χ4v) is 1.84. The van der Waals surface area contributed by atoms with E-state index in [1.54, 1.807) is 12.1 Å². The van der Waals surface area contributed by atoms with E-state index in [9.17, 15) is 4.79 Å². The fourth-order valence-electron chi connectivity index (χ4n) is 1.84. The van der Waals surface area contributed by atoms with Crippen molar-refractivity contribution in [3.8, 4) is 11.1 Å². The third-order valence-electron chi connectivity index (χ3n) is 2.71. The van der Waals surface area contributed by atoms with Crippen LogP contribution in [0.5, 0.6) is 0 Å². The Kier molecular flexibility index (Phi) is 2.83. The van der Waals surface area contributed by atoms with Gasteiger partial charge in [-0.3, -0.25) is 0 Å². The van der Waals surface area contributed by atoms with Crippen molar-refractivity contribution in [3.63, 3.8) is 0 Å². The minimum Gasteiger partial charge on any atom is -0.478 e. The molecule has 3 heteroatoms. The van der Waals surface area contributed by atoms with Crippen molar-refractivity contribution in [2.75, 3.05) is 5.73 Å². The molecule has 0 radical (unpaired) electrons. The highest BCUT2D eigenvalue weighted by Gasteiger charge is 2.11. The second-order valence-electron chi connectivity index (χ2n) is 3.93. The van der Waals surface area contributed by atoms with Gasteiger partial charge in [-0.2, -0.15) is 0 Å². The van der Waals surface area contributed by atoms with Gasteiger partial charge in [-0.05, 0) is 35.7 Å². The van der Waals surface area contributed by atoms with Crippen LogP contribution in [0.3, 0.4) is 0 Å². The molecule has 86 valence electrons. The van der Waals surface area contributed by atoms with E-state index < -0.39 is 5.97 Å². The number of carbonyl (C=O) groups is 1. The monoisotopic (exact) mass is 227 g/mol. The van der Waals surface area contributed by atoms with Crippen LogP contribution >= 0.6 is 0 Å². The Morgan fingerprint density at radius 2 is 1.82 bits per heavy atom. The minimum atomic E-state index is -0.995. The summed E-state index contributed by atoms with van der Waals surface area (Å²) >= 11 is 0. The molecule has 0 aromatic heterocycles. The van der Waals surface area contributed by atoms with Gasteiger partial charge >= 0.3 is 5.97 Å². The van der Waals surface area contributed by atoms with Crippen molar-refractivity contribution in [1.29, 1.82) is 0 Å². The molecule has 3 nitrogen and oxygen atoms in total. The second kappa shape index (κ2) is 4.29. The van der Waals surface area contributed by atoms with Crippen molar-refractivity contribution in [3.05, 3.63) is 53.6 Å². The van der Waals surface area contributed by atoms with Crippen molar-refractivity contribution >= 4 is 11.7 Å². The van der Waals surface area contributed by atoms with Crippen LogP contribution in [0.4, 0.5) is 5.69 Å². The number of anilines is 1. The summed E-state index contributed by atoms with van der Waals surface area (Å²) in [6.45, 7) is 1.88. The Labute approximate surface area is 99.5 Å². The topological polar surface area (TPSA) is 63.3 Å². The van der Waals surface area contributed by atoms with Gasteiger partial charge in [0.15, 0.2) is 0 Å². The summed E-state index contributed by atoms with van der Waals surface area (Å²) in [5.41, 5.74) is 9.10. The van der Waals surface area contributed by atoms with Crippen LogP contribution in [0, 0.1) is 6.92 Å². The Morgan fingerprint density at radius 3 is 2.41 bits per heavy atom. The molecule has 0 amide bonds. The smallest absolute Gasteiger partial charge is 0.337 e.